The van der Waals surface area contributed by atoms with Crippen molar-refractivity contribution in [2.45, 2.75) is 75.3 Å². The molecule has 14 heteroatoms. The number of nitrogens with two attached hydrogens (primary N) is 1. The number of rotatable bonds is 8. The average molecular weight is 697 g/mol. The van der Waals surface area contributed by atoms with E-state index in [1.54, 1.807) is 22.9 Å². The van der Waals surface area contributed by atoms with Gasteiger partial charge in [-0.3, -0.25) is 19.7 Å². The summed E-state index contributed by atoms with van der Waals surface area (Å²) in [6, 6.07) is 13.4. The van der Waals surface area contributed by atoms with E-state index in [1.165, 1.54) is 14.8 Å². The molecule has 0 saturated carbocycles. The first-order chi connectivity index (χ1) is 22.5. The number of fused-ring (bicyclic) bond motifs is 1. The standard InChI is InChI=1S/C34H44N8O4S.ClH/c1-22(18-27-19-29(6-4-26(27)21-35)47(45,46)41-15-10-28(36)11-16-41)23(2)40-13-8-24(9-14-40)25-5-7-30-31(20-25)39(3)38-33(30)42-17-12-32(43)37-34(42)44;/h4-7,19-20,22-24,28H,8-18,36H2,1-3H3,(H,37,43,44);1H. The first-order valence-corrected chi connectivity index (χ1v) is 18.0. The molecule has 258 valence electrons. The van der Waals surface area contributed by atoms with E-state index in [2.05, 4.69) is 47.4 Å². The second-order valence-electron chi connectivity index (χ2n) is 13.4. The van der Waals surface area contributed by atoms with Gasteiger partial charge in [0.05, 0.1) is 22.0 Å². The van der Waals surface area contributed by atoms with E-state index >= 15 is 0 Å². The van der Waals surface area contributed by atoms with E-state index in [0.717, 1.165) is 42.4 Å². The van der Waals surface area contributed by atoms with Crippen molar-refractivity contribution >= 4 is 51.1 Å². The van der Waals surface area contributed by atoms with Crippen LogP contribution in [0.15, 0.2) is 41.3 Å². The van der Waals surface area contributed by atoms with Crippen LogP contribution in [0.25, 0.3) is 10.9 Å². The average Bonchev–Trinajstić information content (AvgIpc) is 3.39. The number of carbonyl (C=O) groups is 2. The number of nitrogens with zero attached hydrogens (tertiary/aromatic N) is 6. The summed E-state index contributed by atoms with van der Waals surface area (Å²) in [5.41, 5.74) is 9.49. The summed E-state index contributed by atoms with van der Waals surface area (Å²) < 4.78 is 30.1. The van der Waals surface area contributed by atoms with Gasteiger partial charge in [-0.25, -0.2) is 13.2 Å². The van der Waals surface area contributed by atoms with Gasteiger partial charge in [0.1, 0.15) is 0 Å². The fourth-order valence-corrected chi connectivity index (χ4v) is 8.79. The van der Waals surface area contributed by atoms with Gasteiger partial charge >= 0.3 is 6.03 Å². The van der Waals surface area contributed by atoms with Crippen LogP contribution in [0.3, 0.4) is 0 Å². The molecular weight excluding hydrogens is 652 g/mol. The summed E-state index contributed by atoms with van der Waals surface area (Å²) in [7, 11) is -1.77. The summed E-state index contributed by atoms with van der Waals surface area (Å²) in [4.78, 5) is 28.4. The largest absolute Gasteiger partial charge is 0.329 e. The SMILES string of the molecule is CC(Cc1cc(S(=O)(=O)N2CCC(N)CC2)ccc1C#N)C(C)N1CCC(c2ccc3c(N4CCC(=O)NC4=O)nn(C)c3c2)CC1.Cl. The highest BCUT2D eigenvalue weighted by molar-refractivity contribution is 7.89. The van der Waals surface area contributed by atoms with Crippen molar-refractivity contribution in [3.05, 3.63) is 53.1 Å². The number of urea groups is 1. The van der Waals surface area contributed by atoms with Gasteiger partial charge in [0, 0.05) is 50.6 Å². The maximum Gasteiger partial charge on any atom is 0.329 e. The predicted octanol–water partition coefficient (Wildman–Crippen LogP) is 3.87. The smallest absolute Gasteiger partial charge is 0.328 e. The molecule has 2 unspecified atom stereocenters. The number of halogens is 1. The highest BCUT2D eigenvalue weighted by Gasteiger charge is 2.32. The Morgan fingerprint density at radius 1 is 1.02 bits per heavy atom. The molecule has 3 fully saturated rings. The van der Waals surface area contributed by atoms with Crippen molar-refractivity contribution in [3.63, 3.8) is 0 Å². The van der Waals surface area contributed by atoms with Crippen LogP contribution >= 0.6 is 12.4 Å². The zero-order chi connectivity index (χ0) is 33.5. The minimum atomic E-state index is -3.65. The van der Waals surface area contributed by atoms with Gasteiger partial charge in [0.25, 0.3) is 0 Å². The molecule has 3 amide bonds. The molecule has 3 aliphatic rings. The predicted molar refractivity (Wildman–Crippen MR) is 186 cm³/mol. The number of hydrogen-bond donors (Lipinski definition) is 2. The monoisotopic (exact) mass is 696 g/mol. The molecule has 0 spiro atoms. The van der Waals surface area contributed by atoms with Crippen molar-refractivity contribution in [1.29, 1.82) is 5.26 Å². The van der Waals surface area contributed by atoms with E-state index in [9.17, 15) is 23.3 Å². The molecule has 0 radical (unpaired) electrons. The molecule has 12 nitrogen and oxygen atoms in total. The molecule has 0 aliphatic carbocycles. The Hall–Kier alpha value is -3.54. The van der Waals surface area contributed by atoms with Crippen molar-refractivity contribution in [3.8, 4) is 6.07 Å². The van der Waals surface area contributed by atoms with Crippen LogP contribution < -0.4 is 16.0 Å². The molecule has 4 heterocycles. The number of sulfonamides is 1. The maximum absolute atomic E-state index is 13.4. The number of carbonyl (C=O) groups excluding carboxylic acids is 2. The summed E-state index contributed by atoms with van der Waals surface area (Å²) in [5, 5.41) is 17.7. The molecule has 3 saturated heterocycles. The summed E-state index contributed by atoms with van der Waals surface area (Å²) in [5.74, 6) is 0.894. The fourth-order valence-electron chi connectivity index (χ4n) is 7.27. The number of aryl methyl sites for hydroxylation is 1. The van der Waals surface area contributed by atoms with Crippen LogP contribution in [0.1, 0.15) is 68.6 Å². The van der Waals surface area contributed by atoms with Crippen LogP contribution in [0, 0.1) is 17.2 Å². The molecule has 3 aliphatic heterocycles. The lowest BCUT2D eigenvalue weighted by molar-refractivity contribution is -0.120. The van der Waals surface area contributed by atoms with Crippen molar-refractivity contribution in [1.82, 2.24) is 24.3 Å². The van der Waals surface area contributed by atoms with E-state index < -0.39 is 16.1 Å². The van der Waals surface area contributed by atoms with Crippen molar-refractivity contribution in [2.24, 2.45) is 18.7 Å². The lowest BCUT2D eigenvalue weighted by Crippen LogP contribution is -2.49. The van der Waals surface area contributed by atoms with Crippen molar-refractivity contribution < 1.29 is 18.0 Å². The van der Waals surface area contributed by atoms with Gasteiger partial charge in [-0.2, -0.15) is 14.7 Å². The molecule has 3 N–H and O–H groups in total. The third-order valence-electron chi connectivity index (χ3n) is 10.4. The fraction of sp³-hybridized carbons (Fsp3) is 0.529. The minimum absolute atomic E-state index is 0. The van der Waals surface area contributed by atoms with Gasteiger partial charge in [0.2, 0.25) is 15.9 Å². The molecule has 2 atom stereocenters. The first-order valence-electron chi connectivity index (χ1n) is 16.6. The Bertz CT molecular complexity index is 1820. The zero-order valence-corrected chi connectivity index (χ0v) is 29.4. The Labute approximate surface area is 288 Å². The summed E-state index contributed by atoms with van der Waals surface area (Å²) >= 11 is 0. The van der Waals surface area contributed by atoms with E-state index in [4.69, 9.17) is 5.73 Å². The number of piperidine rings is 2. The zero-order valence-electron chi connectivity index (χ0n) is 27.8. The number of nitrogens with one attached hydrogen (secondary N) is 1. The maximum atomic E-state index is 13.4. The number of imide groups is 1. The van der Waals surface area contributed by atoms with Crippen LogP contribution in [0.4, 0.5) is 10.6 Å². The second kappa shape index (κ2) is 14.5. The van der Waals surface area contributed by atoms with Crippen LogP contribution in [0.5, 0.6) is 0 Å². The topological polar surface area (TPSA) is 158 Å². The number of anilines is 1. The Kier molecular flexibility index (Phi) is 10.8. The van der Waals surface area contributed by atoms with Gasteiger partial charge in [-0.1, -0.05) is 13.0 Å². The van der Waals surface area contributed by atoms with E-state index in [0.29, 0.717) is 56.2 Å². The quantitative estimate of drug-likeness (QED) is 0.359. The van der Waals surface area contributed by atoms with Gasteiger partial charge in [0.15, 0.2) is 5.82 Å². The Morgan fingerprint density at radius 2 is 1.73 bits per heavy atom. The van der Waals surface area contributed by atoms with Gasteiger partial charge < -0.3 is 10.6 Å². The van der Waals surface area contributed by atoms with Crippen LogP contribution in [-0.2, 0) is 28.3 Å². The molecular formula is C34H45ClN8O4S. The van der Waals surface area contributed by atoms with Crippen LogP contribution in [0.2, 0.25) is 0 Å². The van der Waals surface area contributed by atoms with Gasteiger partial charge in [-0.15, -0.1) is 12.4 Å². The third kappa shape index (κ3) is 7.09. The van der Waals surface area contributed by atoms with E-state index in [1.807, 2.05) is 13.1 Å². The molecule has 6 rings (SSSR count). The lowest BCUT2D eigenvalue weighted by atomic mass is 9.86. The normalized spacial score (nSPS) is 20.3. The number of hydrogen-bond acceptors (Lipinski definition) is 8. The Morgan fingerprint density at radius 3 is 2.40 bits per heavy atom. The number of likely N-dealkylation sites (tertiary alicyclic amines) is 1. The molecule has 1 aromatic heterocycles. The summed E-state index contributed by atoms with van der Waals surface area (Å²) in [6.07, 6.45) is 4.16. The van der Waals surface area contributed by atoms with Crippen LogP contribution in [-0.4, -0.2) is 84.1 Å². The minimum Gasteiger partial charge on any atom is -0.328 e. The first kappa shape index (κ1) is 35.8. The molecule has 0 bridgehead atoms. The number of amides is 3. The Balaban J connectivity index is 0.00000451. The van der Waals surface area contributed by atoms with Gasteiger partial charge in [-0.05, 0) is 105 Å². The number of benzene rings is 2. The number of nitriles is 1. The highest BCUT2D eigenvalue weighted by Crippen LogP contribution is 2.35. The molecule has 2 aromatic carbocycles. The van der Waals surface area contributed by atoms with E-state index in [-0.39, 0.29) is 47.6 Å². The highest BCUT2D eigenvalue weighted by atomic mass is 35.5. The third-order valence-corrected chi connectivity index (χ3v) is 12.3. The molecule has 48 heavy (non-hydrogen) atoms. The summed E-state index contributed by atoms with van der Waals surface area (Å²) in [6.45, 7) is 7.41. The van der Waals surface area contributed by atoms with Crippen molar-refractivity contribution in [2.75, 3.05) is 37.6 Å². The lowest BCUT2D eigenvalue weighted by Gasteiger charge is -2.39. The second-order valence-corrected chi connectivity index (χ2v) is 15.3. The number of aromatic nitrogens is 2. The molecule has 3 aromatic rings.